The topological polar surface area (TPSA) is 98.0 Å². The van der Waals surface area contributed by atoms with Gasteiger partial charge >= 0.3 is 37.4 Å². The number of hydrogen-bond donors (Lipinski definition) is 4. The molecule has 0 aliphatic carbocycles. The first kappa shape index (κ1) is 16.2. The van der Waals surface area contributed by atoms with Crippen molar-refractivity contribution in [3.8, 4) is 0 Å². The third kappa shape index (κ3) is 161. The second-order valence-corrected chi connectivity index (χ2v) is 1.54. The fourth-order valence-electron chi connectivity index (χ4n) is 0. The molecule has 0 amide bonds. The van der Waals surface area contributed by atoms with Gasteiger partial charge in [-0.05, 0) is 0 Å². The summed E-state index contributed by atoms with van der Waals surface area (Å²) in [5.41, 5.74) is 0. The molecule has 0 aromatic rings. The molecular formula is H5ClNaO5P. The van der Waals surface area contributed by atoms with Crippen molar-refractivity contribution in [2.24, 2.45) is 0 Å². The van der Waals surface area contributed by atoms with Gasteiger partial charge in [-0.1, -0.05) is 0 Å². The Kier molecular flexibility index (Phi) is 16.9. The van der Waals surface area contributed by atoms with E-state index in [2.05, 4.69) is 11.9 Å². The van der Waals surface area contributed by atoms with Crippen molar-refractivity contribution in [3.05, 3.63) is 0 Å². The van der Waals surface area contributed by atoms with Crippen LogP contribution in [0.1, 0.15) is 0 Å². The van der Waals surface area contributed by atoms with Crippen LogP contribution in [0, 0.1) is 0 Å². The molecule has 0 atom stereocenters. The summed E-state index contributed by atoms with van der Waals surface area (Å²) in [6, 6.07) is 0. The fourth-order valence-corrected chi connectivity index (χ4v) is 0. The Labute approximate surface area is 73.0 Å². The van der Waals surface area contributed by atoms with Crippen molar-refractivity contribution in [2.75, 3.05) is 0 Å². The Morgan fingerprint density at radius 3 is 1.12 bits per heavy atom. The molecular weight excluding hydrogens is 169 g/mol. The van der Waals surface area contributed by atoms with Gasteiger partial charge in [-0.25, -0.2) is 4.57 Å². The predicted octanol–water partition coefficient (Wildman–Crippen LogP) is -1.44. The van der Waals surface area contributed by atoms with E-state index in [0.29, 0.717) is 0 Å². The number of phosphoric acid groups is 1. The van der Waals surface area contributed by atoms with Gasteiger partial charge in [0.1, 0.15) is 0 Å². The van der Waals surface area contributed by atoms with E-state index in [1.165, 1.54) is 0 Å². The third-order valence-electron chi connectivity index (χ3n) is 0. The van der Waals surface area contributed by atoms with Gasteiger partial charge in [0.05, 0.1) is 11.9 Å². The van der Waals surface area contributed by atoms with Crippen LogP contribution in [-0.2, 0) is 4.57 Å². The summed E-state index contributed by atoms with van der Waals surface area (Å²) in [7, 11) is -4.64. The van der Waals surface area contributed by atoms with E-state index in [0.717, 1.165) is 0 Å². The molecule has 8 heteroatoms. The molecule has 0 aliphatic heterocycles. The zero-order chi connectivity index (χ0) is 6.50. The van der Waals surface area contributed by atoms with Crippen LogP contribution in [0.4, 0.5) is 0 Å². The van der Waals surface area contributed by atoms with Crippen molar-refractivity contribution < 1.29 is 23.9 Å². The minimum atomic E-state index is -4.64. The molecule has 0 fully saturated rings. The van der Waals surface area contributed by atoms with E-state index in [9.17, 15) is 0 Å². The van der Waals surface area contributed by atoms with Crippen LogP contribution >= 0.6 is 19.7 Å². The maximum atomic E-state index is 8.88. The van der Waals surface area contributed by atoms with Gasteiger partial charge in [-0.15, -0.1) is 0 Å². The molecule has 0 bridgehead atoms. The van der Waals surface area contributed by atoms with Crippen LogP contribution in [0.5, 0.6) is 0 Å². The summed E-state index contributed by atoms with van der Waals surface area (Å²) in [6.45, 7) is 0. The number of rotatable bonds is 0. The first-order valence-corrected chi connectivity index (χ1v) is 2.85. The zero-order valence-corrected chi connectivity index (χ0v) is 4.67. The zero-order valence-electron chi connectivity index (χ0n) is 3.02. The van der Waals surface area contributed by atoms with Crippen LogP contribution in [0.2, 0.25) is 0 Å². The molecule has 0 radical (unpaired) electrons. The molecule has 0 unspecified atom stereocenters. The van der Waals surface area contributed by atoms with Gasteiger partial charge in [0.25, 0.3) is 0 Å². The van der Waals surface area contributed by atoms with Crippen molar-refractivity contribution in [1.82, 2.24) is 0 Å². The van der Waals surface area contributed by atoms with Crippen molar-refractivity contribution in [2.45, 2.75) is 0 Å². The standard InChI is InChI=1S/ClHO.Na.H3O4P.H/c1-2;;1-5(2,3)4;/h2H;;(H3,1,2,3,4);. The molecule has 0 heterocycles. The third-order valence-corrected chi connectivity index (χ3v) is 0. The van der Waals surface area contributed by atoms with Gasteiger partial charge in [-0.3, -0.25) is 4.66 Å². The average molecular weight is 174 g/mol. The monoisotopic (exact) mass is 174 g/mol. The number of hydrogen-bond acceptors (Lipinski definition) is 2. The SMILES string of the molecule is O=P(O)(O)O.OCl.[NaH]. The van der Waals surface area contributed by atoms with Gasteiger partial charge in [0.15, 0.2) is 0 Å². The Bertz CT molecular complexity index is 58.6. The van der Waals surface area contributed by atoms with Gasteiger partial charge in [-0.2, -0.15) is 0 Å². The molecule has 5 nitrogen and oxygen atoms in total. The van der Waals surface area contributed by atoms with Crippen LogP contribution in [0.15, 0.2) is 0 Å². The van der Waals surface area contributed by atoms with E-state index >= 15 is 0 Å². The number of halogens is 1. The van der Waals surface area contributed by atoms with Gasteiger partial charge in [0.2, 0.25) is 0 Å². The molecule has 0 rings (SSSR count). The molecule has 4 N–H and O–H groups in total. The molecule has 0 saturated carbocycles. The molecule has 0 saturated heterocycles. The first-order chi connectivity index (χ1) is 3.00. The van der Waals surface area contributed by atoms with Crippen LogP contribution in [0.25, 0.3) is 0 Å². The van der Waals surface area contributed by atoms with E-state index in [1.54, 1.807) is 0 Å². The fraction of sp³-hybridized carbons (Fsp3) is 0. The molecule has 0 spiro atoms. The molecule has 0 aromatic carbocycles. The van der Waals surface area contributed by atoms with Crippen LogP contribution in [-0.4, -0.2) is 48.9 Å². The van der Waals surface area contributed by atoms with Gasteiger partial charge < -0.3 is 14.7 Å². The van der Waals surface area contributed by atoms with Crippen LogP contribution < -0.4 is 0 Å². The predicted molar refractivity (Wildman–Crippen MR) is 29.5 cm³/mol. The summed E-state index contributed by atoms with van der Waals surface area (Å²) >= 11 is 3.64. The van der Waals surface area contributed by atoms with E-state index < -0.39 is 7.82 Å². The van der Waals surface area contributed by atoms with Crippen molar-refractivity contribution in [1.29, 1.82) is 0 Å². The Balaban J connectivity index is -0.0000000750. The second kappa shape index (κ2) is 8.36. The van der Waals surface area contributed by atoms with Gasteiger partial charge in [0, 0.05) is 0 Å². The van der Waals surface area contributed by atoms with E-state index in [-0.39, 0.29) is 29.6 Å². The summed E-state index contributed by atoms with van der Waals surface area (Å²) < 4.78 is 15.4. The average Bonchev–Trinajstić information content (AvgIpc) is 1.36. The molecule has 0 aliphatic rings. The normalized spacial score (nSPS) is 8.12. The molecule has 8 heavy (non-hydrogen) atoms. The maximum absolute atomic E-state index is 8.88. The van der Waals surface area contributed by atoms with E-state index in [1.807, 2.05) is 0 Å². The Hall–Kier alpha value is 1.36. The summed E-state index contributed by atoms with van der Waals surface area (Å²) in [5.74, 6) is 0. The second-order valence-electron chi connectivity index (χ2n) is 0.513. The summed E-state index contributed by atoms with van der Waals surface area (Å²) in [6.07, 6.45) is 0. The summed E-state index contributed by atoms with van der Waals surface area (Å²) in [4.78, 5) is 21.6. The summed E-state index contributed by atoms with van der Waals surface area (Å²) in [5, 5.41) is 0. The Morgan fingerprint density at radius 2 is 1.12 bits per heavy atom. The minimum absolute atomic E-state index is 0. The first-order valence-electron chi connectivity index (χ1n) is 0.952. The molecule has 48 valence electrons. The van der Waals surface area contributed by atoms with Crippen molar-refractivity contribution >= 4 is 49.2 Å². The van der Waals surface area contributed by atoms with Crippen LogP contribution in [0.3, 0.4) is 0 Å². The molecule has 0 aromatic heterocycles. The Morgan fingerprint density at radius 1 is 1.12 bits per heavy atom. The quantitative estimate of drug-likeness (QED) is 0.266. The van der Waals surface area contributed by atoms with E-state index in [4.69, 9.17) is 23.9 Å². The van der Waals surface area contributed by atoms with Crippen molar-refractivity contribution in [3.63, 3.8) is 0 Å².